The zero-order chi connectivity index (χ0) is 103. The van der Waals surface area contributed by atoms with Crippen molar-refractivity contribution < 1.29 is 37.9 Å². The van der Waals surface area contributed by atoms with Crippen molar-refractivity contribution in [1.82, 2.24) is 0 Å². The van der Waals surface area contributed by atoms with Gasteiger partial charge in [-0.15, -0.1) is 0 Å². The zero-order valence-corrected chi connectivity index (χ0v) is 109. The van der Waals surface area contributed by atoms with Crippen molar-refractivity contribution in [3.8, 4) is 46.0 Å². The molecule has 2 aliphatic heterocycles. The number of methoxy groups -OCH3 is 8. The van der Waals surface area contributed by atoms with Gasteiger partial charge in [0.1, 0.15) is 0 Å². The first-order chi connectivity index (χ1) is 63.1. The molecule has 0 aromatic heterocycles. The minimum absolute atomic E-state index is 0.0406. The van der Waals surface area contributed by atoms with Gasteiger partial charge in [0.2, 0.25) is 0 Å². The summed E-state index contributed by atoms with van der Waals surface area (Å²) in [6, 6.07) is 39.0. The number of hydrogen-bond donors (Lipinski definition) is 0. The van der Waals surface area contributed by atoms with Gasteiger partial charge in [0.25, 0.3) is 0 Å². The van der Waals surface area contributed by atoms with Crippen LogP contribution in [-0.2, 0) is 128 Å². The van der Waals surface area contributed by atoms with Crippen LogP contribution in [0, 0.1) is 0 Å². The quantitative estimate of drug-likeness (QED) is 0.110. The Balaban J connectivity index is 0.000000414. The molecule has 0 spiro atoms. The molecule has 760 valence electrons. The van der Waals surface area contributed by atoms with Gasteiger partial charge in [-0.1, -0.05) is 139 Å². The zero-order valence-electron chi connectivity index (χ0n) is 85.9. The van der Waals surface area contributed by atoms with Gasteiger partial charge < -0.3 is 0 Å². The van der Waals surface area contributed by atoms with Crippen LogP contribution < -0.4 is 37.9 Å². The third-order valence-corrected chi connectivity index (χ3v) is 39.9. The van der Waals surface area contributed by atoms with E-state index in [1.807, 2.05) is 56.9 Å². The predicted molar refractivity (Wildman–Crippen MR) is 604 cm³/mol. The van der Waals surface area contributed by atoms with Crippen LogP contribution in [0.15, 0.2) is 97.1 Å². The topological polar surface area (TPSA) is 73.8 Å². The molecule has 0 fully saturated rings. The molecule has 0 radical (unpaired) electrons. The summed E-state index contributed by atoms with van der Waals surface area (Å²) in [6.45, 7) is 56.1. The summed E-state index contributed by atoms with van der Waals surface area (Å²) in [7, 11) is 15.0. The van der Waals surface area contributed by atoms with Gasteiger partial charge in [0, 0.05) is 0 Å². The van der Waals surface area contributed by atoms with Crippen LogP contribution in [0.2, 0.25) is 0 Å². The van der Waals surface area contributed by atoms with Crippen molar-refractivity contribution in [3.05, 3.63) is 231 Å². The maximum absolute atomic E-state index is 6.34. The van der Waals surface area contributed by atoms with E-state index in [4.69, 9.17) is 177 Å². The van der Waals surface area contributed by atoms with Crippen LogP contribution in [0.1, 0.15) is 300 Å². The molecule has 8 nitrogen and oxygen atoms in total. The van der Waals surface area contributed by atoms with Gasteiger partial charge in [-0.2, -0.15) is 0 Å². The first kappa shape index (κ1) is 126. The van der Waals surface area contributed by atoms with E-state index in [0.717, 1.165) is 131 Å². The van der Waals surface area contributed by atoms with E-state index in [-0.39, 0.29) is 43.3 Å². The van der Waals surface area contributed by atoms with Gasteiger partial charge in [0.15, 0.2) is 17.2 Å². The first-order valence-electron chi connectivity index (χ1n) is 45.0. The largest absolute Gasteiger partial charge is 0.180 e. The number of hydrogen-bond acceptors (Lipinski definition) is 8. The molecule has 10 rings (SSSR count). The molecule has 2 aliphatic rings. The maximum atomic E-state index is 6.34. The second kappa shape index (κ2) is 58.1. The van der Waals surface area contributed by atoms with Gasteiger partial charge >= 0.3 is 786 Å². The summed E-state index contributed by atoms with van der Waals surface area (Å²) in [5.74, 6) is 8.72. The van der Waals surface area contributed by atoms with Crippen LogP contribution in [0.25, 0.3) is 0 Å². The van der Waals surface area contributed by atoms with Crippen LogP contribution in [0.5, 0.6) is 46.0 Å². The van der Waals surface area contributed by atoms with Gasteiger partial charge in [0.05, 0.1) is 0 Å². The molecule has 0 aliphatic carbocycles. The molecule has 8 aromatic rings. The molecule has 0 saturated carbocycles. The fourth-order valence-corrected chi connectivity index (χ4v) is 31.8. The minimum Gasteiger partial charge on any atom is -0.0874 e. The molecule has 8 aromatic carbocycles. The Morgan fingerprint density at radius 2 is 0.213 bits per heavy atom. The second-order valence-corrected chi connectivity index (χ2v) is 66.0. The Morgan fingerprint density at radius 3 is 0.257 bits per heavy atom. The molecular weight excluding hydrogens is 2480 g/mol. The fraction of sp³-hybridized carbons (Fsp3) is 0.556. The Labute approximate surface area is 931 Å². The summed E-state index contributed by atoms with van der Waals surface area (Å²) in [4.78, 5) is 0. The van der Waals surface area contributed by atoms with E-state index >= 15 is 0 Å². The minimum atomic E-state index is -0.750. The van der Waals surface area contributed by atoms with E-state index in [0.29, 0.717) is 120 Å². The van der Waals surface area contributed by atoms with Crippen molar-refractivity contribution >= 4 is 259 Å². The average Bonchev–Trinajstić information content (AvgIpc) is 0.754. The monoisotopic (exact) mass is 2630 g/mol. The van der Waals surface area contributed by atoms with Crippen molar-refractivity contribution in [2.45, 2.75) is 312 Å². The van der Waals surface area contributed by atoms with Crippen molar-refractivity contribution in [2.75, 3.05) is 56.9 Å². The molecule has 136 heavy (non-hydrogen) atoms. The molecular formula is C108H148Cl12O8Se8. The van der Waals surface area contributed by atoms with Crippen molar-refractivity contribution in [2.24, 2.45) is 0 Å². The summed E-state index contributed by atoms with van der Waals surface area (Å²) in [5.41, 5.74) is 33.1. The fourth-order valence-electron chi connectivity index (χ4n) is 15.5. The molecule has 0 saturated heterocycles. The Morgan fingerprint density at radius 1 is 0.154 bits per heavy atom. The molecule has 28 heteroatoms. The Hall–Kier alpha value is -0.204. The van der Waals surface area contributed by atoms with Crippen molar-refractivity contribution in [3.63, 3.8) is 0 Å². The smallest absolute Gasteiger partial charge is 0.0874 e. The van der Waals surface area contributed by atoms with Gasteiger partial charge in [-0.3, -0.25) is 0 Å². The molecule has 0 unspecified atom stereocenters. The number of fused-ring (bicyclic) bond motifs is 16. The Bertz CT molecular complexity index is 3970. The summed E-state index contributed by atoms with van der Waals surface area (Å²) >= 11 is 60.1. The summed E-state index contributed by atoms with van der Waals surface area (Å²) in [5, 5.41) is 16.2. The number of rotatable bonds is 8. The first-order valence-corrected chi connectivity index (χ1v) is 69.6. The predicted octanol–water partition coefficient (Wildman–Crippen LogP) is 29.6. The van der Waals surface area contributed by atoms with E-state index in [1.54, 1.807) is 0 Å². The summed E-state index contributed by atoms with van der Waals surface area (Å²) < 4.78 is 47.7. The van der Waals surface area contributed by atoms with E-state index in [1.165, 1.54) is 134 Å². The molecule has 0 amide bonds. The van der Waals surface area contributed by atoms with Crippen LogP contribution >= 0.6 is 139 Å². The standard InChI is InChI=1S/2C52H72O4Se4.4CHCl3/c2*1-49(2,3)41-17-33-25-57-27-35-19-42(50(4,5)6)21-37(46(35)54-14)29-59-31-39-23-44(52(10,11)12)24-40(48(39)56-16)32-60-30-38-22-43(51(7,8)9)20-36(47(38)55-15)28-58-26-34(18-41)45(33)53-13;4*2-1(3)4/h2*17-24H,25-32H2,1-16H3;4*1H. The Kier molecular flexibility index (Phi) is 53.9. The summed E-state index contributed by atoms with van der Waals surface area (Å²) in [6.07, 6.45) is 0. The third-order valence-electron chi connectivity index (χ3n) is 22.6. The number of halogens is 12. The third kappa shape index (κ3) is 41.0. The number of alkyl halides is 12. The van der Waals surface area contributed by atoms with E-state index < -0.39 is 17.2 Å². The van der Waals surface area contributed by atoms with E-state index in [9.17, 15) is 0 Å². The van der Waals surface area contributed by atoms with Gasteiger partial charge in [-0.25, -0.2) is 0 Å². The van der Waals surface area contributed by atoms with Crippen LogP contribution in [0.3, 0.4) is 0 Å². The van der Waals surface area contributed by atoms with E-state index in [2.05, 4.69) is 263 Å². The molecule has 0 atom stereocenters. The maximum Gasteiger partial charge on any atom is 0.180 e. The van der Waals surface area contributed by atoms with Gasteiger partial charge in [-0.05, 0) is 0 Å². The average molecular weight is 2630 g/mol. The number of ether oxygens (including phenoxy) is 8. The SMILES string of the molecule is COc1c2cc(C(C)(C)C)cc1C[Se]Cc1cc(C(C)(C)C)cc(c1OC)C[Se]Cc1cc(C(C)(C)C)cc(c1OC)C[Se]Cc1cc(C(C)(C)C)cc(c1OC)C[Se]C2.COc1c2cc(C(C)(C)C)cc1C[Se]Cc1cc(C(C)(C)C)cc(c1OC)C[Se]Cc1cc(C(C)(C)C)cc(c1OC)C[Se]Cc1cc(C(C)(C)C)cc(c1OC)C[Se]C2.ClC(Cl)Cl.ClC(Cl)Cl.ClC(Cl)Cl.ClC(Cl)Cl. The second-order valence-electron chi connectivity index (χ2n) is 41.6. The van der Waals surface area contributed by atoms with Crippen molar-refractivity contribution in [1.29, 1.82) is 0 Å². The molecule has 2 heterocycles. The van der Waals surface area contributed by atoms with Crippen LogP contribution in [0.4, 0.5) is 0 Å². The normalized spacial score (nSPS) is 14.5. The van der Waals surface area contributed by atoms with Crippen LogP contribution in [-0.4, -0.2) is 194 Å². The molecule has 16 bridgehead atoms. The molecule has 0 N–H and O–H groups in total. The number of benzene rings is 8.